The van der Waals surface area contributed by atoms with Gasteiger partial charge < -0.3 is 9.72 Å². The Bertz CT molecular complexity index is 1090. The van der Waals surface area contributed by atoms with Gasteiger partial charge in [-0.1, -0.05) is 11.6 Å². The first kappa shape index (κ1) is 19.5. The van der Waals surface area contributed by atoms with Gasteiger partial charge in [0.15, 0.2) is 11.6 Å². The molecular weight excluding hydrogens is 400 g/mol. The SMILES string of the molecule is COCCCc1cc(F)c(NS(=O)(=O)c2c[nH]c3cc(Cl)ccc23)nc1F. The van der Waals surface area contributed by atoms with Crippen molar-refractivity contribution < 1.29 is 21.9 Å². The molecule has 0 aliphatic heterocycles. The molecule has 3 rings (SSSR count). The lowest BCUT2D eigenvalue weighted by Gasteiger charge is -2.10. The second-order valence-corrected chi connectivity index (χ2v) is 7.90. The van der Waals surface area contributed by atoms with Crippen LogP contribution >= 0.6 is 11.6 Å². The number of ether oxygens (including phenoxy) is 1. The number of fused-ring (bicyclic) bond motifs is 1. The van der Waals surface area contributed by atoms with Gasteiger partial charge in [0.05, 0.1) is 0 Å². The van der Waals surface area contributed by atoms with E-state index in [9.17, 15) is 17.2 Å². The highest BCUT2D eigenvalue weighted by atomic mass is 35.5. The van der Waals surface area contributed by atoms with Crippen molar-refractivity contribution >= 4 is 38.3 Å². The van der Waals surface area contributed by atoms with Crippen LogP contribution in [0, 0.1) is 11.8 Å². The third-order valence-corrected chi connectivity index (χ3v) is 5.54. The summed E-state index contributed by atoms with van der Waals surface area (Å²) < 4.78 is 60.5. The van der Waals surface area contributed by atoms with Crippen LogP contribution in [0.5, 0.6) is 0 Å². The Morgan fingerprint density at radius 3 is 2.81 bits per heavy atom. The Hall–Kier alpha value is -2.23. The molecule has 0 atom stereocenters. The van der Waals surface area contributed by atoms with E-state index in [-0.39, 0.29) is 16.9 Å². The number of anilines is 1. The van der Waals surface area contributed by atoms with Gasteiger partial charge >= 0.3 is 0 Å². The highest BCUT2D eigenvalue weighted by Crippen LogP contribution is 2.27. The van der Waals surface area contributed by atoms with E-state index in [2.05, 4.69) is 9.97 Å². The summed E-state index contributed by atoms with van der Waals surface area (Å²) in [6.07, 6.45) is 1.95. The molecule has 0 spiro atoms. The predicted molar refractivity (Wildman–Crippen MR) is 98.5 cm³/mol. The Kier molecular flexibility index (Phi) is 5.64. The summed E-state index contributed by atoms with van der Waals surface area (Å²) in [5.74, 6) is -2.60. The Morgan fingerprint density at radius 1 is 1.30 bits per heavy atom. The van der Waals surface area contributed by atoms with Gasteiger partial charge in [-0.25, -0.2) is 12.8 Å². The molecule has 0 saturated heterocycles. The molecule has 3 aromatic rings. The first-order valence-electron chi connectivity index (χ1n) is 7.95. The minimum Gasteiger partial charge on any atom is -0.385 e. The first-order valence-corrected chi connectivity index (χ1v) is 9.81. The molecule has 0 aliphatic carbocycles. The van der Waals surface area contributed by atoms with Crippen molar-refractivity contribution in [3.8, 4) is 0 Å². The van der Waals surface area contributed by atoms with Crippen molar-refractivity contribution in [2.75, 3.05) is 18.4 Å². The third-order valence-electron chi connectivity index (χ3n) is 3.92. The highest BCUT2D eigenvalue weighted by Gasteiger charge is 2.22. The van der Waals surface area contributed by atoms with E-state index in [0.717, 1.165) is 6.07 Å². The molecule has 27 heavy (non-hydrogen) atoms. The van der Waals surface area contributed by atoms with Crippen LogP contribution in [0.1, 0.15) is 12.0 Å². The number of rotatable bonds is 7. The number of aromatic nitrogens is 2. The zero-order valence-electron chi connectivity index (χ0n) is 14.2. The van der Waals surface area contributed by atoms with E-state index in [1.807, 2.05) is 4.72 Å². The summed E-state index contributed by atoms with van der Waals surface area (Å²) in [4.78, 5) is 6.09. The maximum absolute atomic E-state index is 14.3. The zero-order valence-corrected chi connectivity index (χ0v) is 15.8. The summed E-state index contributed by atoms with van der Waals surface area (Å²) in [6, 6.07) is 5.55. The van der Waals surface area contributed by atoms with Crippen LogP contribution in [-0.4, -0.2) is 32.1 Å². The quantitative estimate of drug-likeness (QED) is 0.453. The molecule has 2 heterocycles. The number of halogens is 3. The number of hydrogen-bond donors (Lipinski definition) is 2. The second kappa shape index (κ2) is 7.79. The first-order chi connectivity index (χ1) is 12.8. The van der Waals surface area contributed by atoms with E-state index in [0.29, 0.717) is 29.0 Å². The molecule has 0 fully saturated rings. The number of sulfonamides is 1. The molecule has 0 unspecified atom stereocenters. The number of H-pyrrole nitrogens is 1. The lowest BCUT2D eigenvalue weighted by atomic mass is 10.1. The number of nitrogens with zero attached hydrogens (tertiary/aromatic N) is 1. The van der Waals surface area contributed by atoms with Gasteiger partial charge in [-0.15, -0.1) is 0 Å². The van der Waals surface area contributed by atoms with Crippen molar-refractivity contribution in [2.45, 2.75) is 17.7 Å². The van der Waals surface area contributed by atoms with E-state index in [4.69, 9.17) is 16.3 Å². The molecule has 0 aliphatic rings. The predicted octanol–water partition coefficient (Wildman–Crippen LogP) is 3.87. The second-order valence-electron chi connectivity index (χ2n) is 5.81. The summed E-state index contributed by atoms with van der Waals surface area (Å²) in [7, 11) is -2.69. The van der Waals surface area contributed by atoms with Crippen molar-refractivity contribution in [1.82, 2.24) is 9.97 Å². The van der Waals surface area contributed by atoms with E-state index in [1.54, 1.807) is 6.07 Å². The number of nitrogens with one attached hydrogen (secondary N) is 2. The fourth-order valence-electron chi connectivity index (χ4n) is 2.63. The maximum Gasteiger partial charge on any atom is 0.265 e. The number of hydrogen-bond acceptors (Lipinski definition) is 4. The third kappa shape index (κ3) is 4.20. The van der Waals surface area contributed by atoms with Crippen molar-refractivity contribution in [3.05, 3.63) is 52.8 Å². The lowest BCUT2D eigenvalue weighted by Crippen LogP contribution is -2.16. The smallest absolute Gasteiger partial charge is 0.265 e. The van der Waals surface area contributed by atoms with Crippen LogP contribution < -0.4 is 4.72 Å². The number of aromatic amines is 1. The van der Waals surface area contributed by atoms with E-state index < -0.39 is 27.6 Å². The average Bonchev–Trinajstić information content (AvgIpc) is 3.03. The molecule has 6 nitrogen and oxygen atoms in total. The lowest BCUT2D eigenvalue weighted by molar-refractivity contribution is 0.195. The standard InChI is InChI=1S/C17H16ClF2N3O3S/c1-26-6-2-3-10-7-13(19)17(22-16(10)20)23-27(24,25)15-9-21-14-8-11(18)4-5-12(14)15/h4-5,7-9,21H,2-3,6H2,1H3,(H,22,23). The highest BCUT2D eigenvalue weighted by molar-refractivity contribution is 7.93. The summed E-state index contributed by atoms with van der Waals surface area (Å²) >= 11 is 5.88. The van der Waals surface area contributed by atoms with E-state index >= 15 is 0 Å². The largest absolute Gasteiger partial charge is 0.385 e. The molecule has 1 aromatic carbocycles. The van der Waals surface area contributed by atoms with Crippen LogP contribution in [0.25, 0.3) is 10.9 Å². The zero-order chi connectivity index (χ0) is 19.6. The van der Waals surface area contributed by atoms with Gasteiger partial charge in [-0.3, -0.25) is 4.72 Å². The van der Waals surface area contributed by atoms with Crippen LogP contribution in [0.2, 0.25) is 5.02 Å². The fourth-order valence-corrected chi connectivity index (χ4v) is 4.00. The molecule has 0 radical (unpaired) electrons. The van der Waals surface area contributed by atoms with Gasteiger partial charge in [0.2, 0.25) is 5.95 Å². The normalized spacial score (nSPS) is 11.9. The van der Waals surface area contributed by atoms with Gasteiger partial charge in [0, 0.05) is 41.4 Å². The van der Waals surface area contributed by atoms with Gasteiger partial charge in [0.25, 0.3) is 10.0 Å². The number of benzene rings is 1. The maximum atomic E-state index is 14.3. The van der Waals surface area contributed by atoms with Crippen LogP contribution in [0.3, 0.4) is 0 Å². The number of methoxy groups -OCH3 is 1. The van der Waals surface area contributed by atoms with Crippen molar-refractivity contribution in [2.24, 2.45) is 0 Å². The Labute approximate surface area is 159 Å². The van der Waals surface area contributed by atoms with Crippen LogP contribution in [0.4, 0.5) is 14.6 Å². The molecular formula is C17H16ClF2N3O3S. The average molecular weight is 416 g/mol. The van der Waals surface area contributed by atoms with Gasteiger partial charge in [-0.2, -0.15) is 9.37 Å². The molecule has 144 valence electrons. The summed E-state index contributed by atoms with van der Waals surface area (Å²) in [5, 5.41) is 0.795. The molecule has 10 heteroatoms. The fraction of sp³-hybridized carbons (Fsp3) is 0.235. The number of pyridine rings is 1. The molecule has 0 bridgehead atoms. The molecule has 0 saturated carbocycles. The molecule has 2 aromatic heterocycles. The monoisotopic (exact) mass is 415 g/mol. The van der Waals surface area contributed by atoms with Crippen LogP contribution in [-0.2, 0) is 21.2 Å². The van der Waals surface area contributed by atoms with Crippen molar-refractivity contribution in [3.63, 3.8) is 0 Å². The Balaban J connectivity index is 1.90. The molecule has 0 amide bonds. The van der Waals surface area contributed by atoms with Gasteiger partial charge in [-0.05, 0) is 37.1 Å². The minimum atomic E-state index is -4.20. The summed E-state index contributed by atoms with van der Waals surface area (Å²) in [5.41, 5.74) is 0.546. The molecule has 2 N–H and O–H groups in total. The minimum absolute atomic E-state index is 0.0502. The summed E-state index contributed by atoms with van der Waals surface area (Å²) in [6.45, 7) is 0.389. The van der Waals surface area contributed by atoms with E-state index in [1.165, 1.54) is 25.4 Å². The van der Waals surface area contributed by atoms with Crippen molar-refractivity contribution in [1.29, 1.82) is 0 Å². The van der Waals surface area contributed by atoms with Crippen LogP contribution in [0.15, 0.2) is 35.4 Å². The number of aryl methyl sites for hydroxylation is 1. The Morgan fingerprint density at radius 2 is 2.07 bits per heavy atom. The van der Waals surface area contributed by atoms with Gasteiger partial charge in [0.1, 0.15) is 4.90 Å². The topological polar surface area (TPSA) is 84.1 Å².